The number of hydrogen-bond donors (Lipinski definition) is 0. The van der Waals surface area contributed by atoms with Crippen LogP contribution in [-0.2, 0) is 19.1 Å². The Balaban J connectivity index is 1.75. The molecule has 0 atom stereocenters. The molecule has 4 saturated carbocycles. The first-order chi connectivity index (χ1) is 9.43. The van der Waals surface area contributed by atoms with E-state index in [1.165, 1.54) is 6.42 Å². The molecule has 0 amide bonds. The highest BCUT2D eigenvalue weighted by Gasteiger charge is 2.50. The van der Waals surface area contributed by atoms with E-state index < -0.39 is 17.7 Å². The Morgan fingerprint density at radius 1 is 0.850 bits per heavy atom. The molecule has 1 saturated heterocycles. The third-order valence-corrected chi connectivity index (χ3v) is 5.39. The predicted molar refractivity (Wildman–Crippen MR) is 70.3 cm³/mol. The van der Waals surface area contributed by atoms with Gasteiger partial charge in [-0.2, -0.15) is 0 Å². The van der Waals surface area contributed by atoms with Gasteiger partial charge < -0.3 is 9.47 Å². The van der Waals surface area contributed by atoms with Gasteiger partial charge in [-0.15, -0.1) is 0 Å². The molecular formula is C16H20O4. The second-order valence-corrected chi connectivity index (χ2v) is 7.31. The van der Waals surface area contributed by atoms with Gasteiger partial charge in [0, 0.05) is 13.8 Å². The number of allylic oxidation sites excluding steroid dienone is 1. The molecule has 4 aliphatic carbocycles. The highest BCUT2D eigenvalue weighted by atomic mass is 16.7. The summed E-state index contributed by atoms with van der Waals surface area (Å²) in [6, 6.07) is 0. The van der Waals surface area contributed by atoms with Crippen molar-refractivity contribution in [1.82, 2.24) is 0 Å². The van der Waals surface area contributed by atoms with E-state index in [0.717, 1.165) is 43.1 Å². The molecule has 5 aliphatic rings. The van der Waals surface area contributed by atoms with Crippen LogP contribution in [-0.4, -0.2) is 17.7 Å². The van der Waals surface area contributed by atoms with Gasteiger partial charge in [0.2, 0.25) is 0 Å². The van der Waals surface area contributed by atoms with E-state index in [1.807, 2.05) is 0 Å². The van der Waals surface area contributed by atoms with Crippen molar-refractivity contribution in [2.24, 2.45) is 23.7 Å². The van der Waals surface area contributed by atoms with Gasteiger partial charge >= 0.3 is 11.9 Å². The third kappa shape index (κ3) is 1.73. The average Bonchev–Trinajstić information content (AvgIpc) is 2.29. The van der Waals surface area contributed by atoms with Crippen LogP contribution < -0.4 is 0 Å². The lowest BCUT2D eigenvalue weighted by molar-refractivity contribution is -0.222. The Morgan fingerprint density at radius 2 is 1.30 bits per heavy atom. The summed E-state index contributed by atoms with van der Waals surface area (Å²) >= 11 is 0. The number of ether oxygens (including phenoxy) is 2. The Hall–Kier alpha value is -1.32. The van der Waals surface area contributed by atoms with Gasteiger partial charge in [0.05, 0.1) is 0 Å². The monoisotopic (exact) mass is 276 g/mol. The first kappa shape index (κ1) is 12.4. The highest BCUT2D eigenvalue weighted by molar-refractivity contribution is 6.16. The maximum absolute atomic E-state index is 12.3. The smallest absolute Gasteiger partial charge is 0.348 e. The molecule has 0 unspecified atom stereocenters. The summed E-state index contributed by atoms with van der Waals surface area (Å²) in [6.07, 6.45) is 5.88. The van der Waals surface area contributed by atoms with E-state index in [2.05, 4.69) is 0 Å². The topological polar surface area (TPSA) is 52.6 Å². The van der Waals surface area contributed by atoms with Crippen molar-refractivity contribution >= 4 is 11.9 Å². The minimum atomic E-state index is -1.13. The largest absolute Gasteiger partial charge is 0.419 e. The molecule has 20 heavy (non-hydrogen) atoms. The molecular weight excluding hydrogens is 256 g/mol. The van der Waals surface area contributed by atoms with Crippen LogP contribution in [0.15, 0.2) is 11.1 Å². The fourth-order valence-electron chi connectivity index (χ4n) is 4.99. The van der Waals surface area contributed by atoms with Crippen molar-refractivity contribution in [1.29, 1.82) is 0 Å². The van der Waals surface area contributed by atoms with Gasteiger partial charge in [-0.05, 0) is 61.3 Å². The number of carbonyl (C=O) groups is 2. The van der Waals surface area contributed by atoms with Crippen LogP contribution >= 0.6 is 0 Å². The molecule has 4 heteroatoms. The molecule has 0 spiro atoms. The van der Waals surface area contributed by atoms with E-state index in [1.54, 1.807) is 13.8 Å². The van der Waals surface area contributed by atoms with E-state index in [4.69, 9.17) is 9.47 Å². The van der Waals surface area contributed by atoms with Crippen LogP contribution in [0, 0.1) is 23.7 Å². The van der Waals surface area contributed by atoms with Crippen LogP contribution in [0.25, 0.3) is 0 Å². The number of carbonyl (C=O) groups excluding carboxylic acids is 2. The SMILES string of the molecule is CC1(C)OC(=O)C(=C2C3CC4CC(C3)CC2C4)C(=O)O1. The van der Waals surface area contributed by atoms with Crippen LogP contribution in [0.5, 0.6) is 0 Å². The molecule has 0 aromatic carbocycles. The molecule has 0 aromatic rings. The van der Waals surface area contributed by atoms with Gasteiger partial charge in [-0.1, -0.05) is 0 Å². The summed E-state index contributed by atoms with van der Waals surface area (Å²) in [6.45, 7) is 3.20. The fourth-order valence-corrected chi connectivity index (χ4v) is 4.99. The van der Waals surface area contributed by atoms with Crippen molar-refractivity contribution in [3.8, 4) is 0 Å². The lowest BCUT2D eigenvalue weighted by atomic mass is 9.53. The lowest BCUT2D eigenvalue weighted by Crippen LogP contribution is -2.46. The Bertz CT molecular complexity index is 477. The number of rotatable bonds is 0. The lowest BCUT2D eigenvalue weighted by Gasteiger charge is -2.52. The standard InChI is InChI=1S/C16H20O4/c1-16(2)19-14(17)13(15(18)20-16)12-10-4-8-3-9(6-10)7-11(12)5-8/h8-11H,3-7H2,1-2H3. The predicted octanol–water partition coefficient (Wildman–Crippen LogP) is 2.58. The number of cyclic esters (lactones) is 2. The summed E-state index contributed by atoms with van der Waals surface area (Å²) < 4.78 is 10.5. The average molecular weight is 276 g/mol. The zero-order chi connectivity index (χ0) is 14.1. The summed E-state index contributed by atoms with van der Waals surface area (Å²) in [5, 5.41) is 0. The molecule has 5 fully saturated rings. The Morgan fingerprint density at radius 3 is 1.75 bits per heavy atom. The van der Waals surface area contributed by atoms with Crippen molar-refractivity contribution in [2.75, 3.05) is 0 Å². The van der Waals surface area contributed by atoms with Crippen molar-refractivity contribution in [3.05, 3.63) is 11.1 Å². The van der Waals surface area contributed by atoms with E-state index in [0.29, 0.717) is 11.8 Å². The molecule has 1 aliphatic heterocycles. The molecule has 4 nitrogen and oxygen atoms in total. The zero-order valence-electron chi connectivity index (χ0n) is 12.0. The van der Waals surface area contributed by atoms with Crippen molar-refractivity contribution in [2.45, 2.75) is 51.7 Å². The molecule has 0 aromatic heterocycles. The molecule has 0 radical (unpaired) electrons. The van der Waals surface area contributed by atoms with E-state index in [-0.39, 0.29) is 5.57 Å². The zero-order valence-corrected chi connectivity index (χ0v) is 12.0. The van der Waals surface area contributed by atoms with Crippen LogP contribution in [0.2, 0.25) is 0 Å². The highest BCUT2D eigenvalue weighted by Crippen LogP contribution is 2.57. The Kier molecular flexibility index (Phi) is 2.40. The van der Waals surface area contributed by atoms with Gasteiger partial charge in [-0.3, -0.25) is 0 Å². The Labute approximate surface area is 118 Å². The van der Waals surface area contributed by atoms with Gasteiger partial charge in [-0.25, -0.2) is 9.59 Å². The summed E-state index contributed by atoms with van der Waals surface area (Å²) in [5.41, 5.74) is 1.28. The second-order valence-electron chi connectivity index (χ2n) is 7.31. The van der Waals surface area contributed by atoms with Crippen LogP contribution in [0.4, 0.5) is 0 Å². The number of hydrogen-bond acceptors (Lipinski definition) is 4. The quantitative estimate of drug-likeness (QED) is 0.387. The van der Waals surface area contributed by atoms with Gasteiger partial charge in [0.25, 0.3) is 5.79 Å². The van der Waals surface area contributed by atoms with Crippen molar-refractivity contribution in [3.63, 3.8) is 0 Å². The third-order valence-electron chi connectivity index (χ3n) is 5.39. The van der Waals surface area contributed by atoms with Crippen molar-refractivity contribution < 1.29 is 19.1 Å². The summed E-state index contributed by atoms with van der Waals surface area (Å²) in [4.78, 5) is 24.5. The molecule has 5 rings (SSSR count). The second kappa shape index (κ2) is 3.86. The molecule has 4 bridgehead atoms. The number of esters is 2. The normalized spacial score (nSPS) is 41.7. The molecule has 108 valence electrons. The minimum absolute atomic E-state index is 0.220. The summed E-state index contributed by atoms with van der Waals surface area (Å²) in [7, 11) is 0. The molecule has 0 N–H and O–H groups in total. The van der Waals surface area contributed by atoms with Crippen LogP contribution in [0.3, 0.4) is 0 Å². The first-order valence-corrected chi connectivity index (χ1v) is 7.63. The minimum Gasteiger partial charge on any atom is -0.419 e. The summed E-state index contributed by atoms with van der Waals surface area (Å²) in [5.74, 6) is 0.319. The maximum Gasteiger partial charge on any atom is 0.348 e. The van der Waals surface area contributed by atoms with E-state index >= 15 is 0 Å². The fraction of sp³-hybridized carbons (Fsp3) is 0.750. The van der Waals surface area contributed by atoms with E-state index in [9.17, 15) is 9.59 Å². The maximum atomic E-state index is 12.3. The van der Waals surface area contributed by atoms with Gasteiger partial charge in [0.15, 0.2) is 0 Å². The first-order valence-electron chi connectivity index (χ1n) is 7.63. The van der Waals surface area contributed by atoms with Crippen LogP contribution in [0.1, 0.15) is 46.0 Å². The molecule has 1 heterocycles. The van der Waals surface area contributed by atoms with Gasteiger partial charge in [0.1, 0.15) is 5.57 Å².